The van der Waals surface area contributed by atoms with Crippen molar-refractivity contribution in [2.75, 3.05) is 24.6 Å². The van der Waals surface area contributed by atoms with Crippen LogP contribution in [-0.4, -0.2) is 36.7 Å². The van der Waals surface area contributed by atoms with Gasteiger partial charge in [-0.15, -0.1) is 0 Å². The summed E-state index contributed by atoms with van der Waals surface area (Å²) < 4.78 is 26.6. The Hall–Kier alpha value is -2.83. The number of carbonyl (C=O) groups is 1. The summed E-state index contributed by atoms with van der Waals surface area (Å²) in [5, 5.41) is 2.86. The van der Waals surface area contributed by atoms with Gasteiger partial charge in [0.2, 0.25) is 11.7 Å². The SMILES string of the molecule is CC(=O)N[C@@H](C)c1ccc(O[C@@H]2CCN(c3nccc(OCC4CC4)c3F)C2)cc1. The van der Waals surface area contributed by atoms with E-state index < -0.39 is 5.82 Å². The van der Waals surface area contributed by atoms with E-state index in [0.29, 0.717) is 31.4 Å². The van der Waals surface area contributed by atoms with Crippen molar-refractivity contribution < 1.29 is 18.7 Å². The molecule has 160 valence electrons. The average Bonchev–Trinajstić information content (AvgIpc) is 3.44. The lowest BCUT2D eigenvalue weighted by molar-refractivity contribution is -0.119. The second-order valence-corrected chi connectivity index (χ2v) is 8.17. The minimum Gasteiger partial charge on any atom is -0.490 e. The highest BCUT2D eigenvalue weighted by Gasteiger charge is 2.29. The monoisotopic (exact) mass is 413 g/mol. The maximum absolute atomic E-state index is 14.9. The first-order chi connectivity index (χ1) is 14.5. The van der Waals surface area contributed by atoms with Gasteiger partial charge < -0.3 is 19.7 Å². The quantitative estimate of drug-likeness (QED) is 0.712. The summed E-state index contributed by atoms with van der Waals surface area (Å²) in [4.78, 5) is 17.4. The average molecular weight is 413 g/mol. The molecule has 0 radical (unpaired) electrons. The van der Waals surface area contributed by atoms with Gasteiger partial charge in [0.25, 0.3) is 0 Å². The molecule has 0 spiro atoms. The van der Waals surface area contributed by atoms with Crippen LogP contribution in [0.15, 0.2) is 36.5 Å². The molecular formula is C23H28FN3O3. The number of hydrogen-bond donors (Lipinski definition) is 1. The summed E-state index contributed by atoms with van der Waals surface area (Å²) >= 11 is 0. The highest BCUT2D eigenvalue weighted by atomic mass is 19.1. The smallest absolute Gasteiger partial charge is 0.217 e. The number of aromatic nitrogens is 1. The van der Waals surface area contributed by atoms with Gasteiger partial charge in [-0.05, 0) is 43.4 Å². The number of anilines is 1. The van der Waals surface area contributed by atoms with Crippen molar-refractivity contribution in [2.24, 2.45) is 5.92 Å². The van der Waals surface area contributed by atoms with E-state index in [0.717, 1.165) is 30.6 Å². The Bertz CT molecular complexity index is 886. The Morgan fingerprint density at radius 3 is 2.73 bits per heavy atom. The van der Waals surface area contributed by atoms with Crippen molar-refractivity contribution in [3.63, 3.8) is 0 Å². The normalized spacial score (nSPS) is 19.4. The molecule has 1 amide bonds. The zero-order valence-corrected chi connectivity index (χ0v) is 17.4. The van der Waals surface area contributed by atoms with Gasteiger partial charge in [-0.25, -0.2) is 4.98 Å². The number of amides is 1. The molecule has 2 atom stereocenters. The van der Waals surface area contributed by atoms with E-state index in [1.54, 1.807) is 12.3 Å². The fourth-order valence-electron chi connectivity index (χ4n) is 3.67. The van der Waals surface area contributed by atoms with Gasteiger partial charge in [0, 0.05) is 32.2 Å². The molecule has 1 saturated carbocycles. The number of hydrogen-bond acceptors (Lipinski definition) is 5. The minimum atomic E-state index is -0.393. The van der Waals surface area contributed by atoms with E-state index in [2.05, 4.69) is 10.3 Å². The molecule has 2 heterocycles. The highest BCUT2D eigenvalue weighted by molar-refractivity contribution is 5.73. The number of carbonyl (C=O) groups excluding carboxylic acids is 1. The molecule has 2 aromatic rings. The Morgan fingerprint density at radius 1 is 1.27 bits per heavy atom. The molecule has 2 aliphatic rings. The third-order valence-corrected chi connectivity index (χ3v) is 5.55. The van der Waals surface area contributed by atoms with Gasteiger partial charge in [-0.3, -0.25) is 4.79 Å². The molecule has 2 fully saturated rings. The van der Waals surface area contributed by atoms with Crippen LogP contribution >= 0.6 is 0 Å². The van der Waals surface area contributed by atoms with Crippen molar-refractivity contribution in [1.82, 2.24) is 10.3 Å². The summed E-state index contributed by atoms with van der Waals surface area (Å²) in [6.07, 6.45) is 4.68. The number of benzene rings is 1. The van der Waals surface area contributed by atoms with Gasteiger partial charge in [0.1, 0.15) is 11.9 Å². The fraction of sp³-hybridized carbons (Fsp3) is 0.478. The number of ether oxygens (including phenoxy) is 2. The summed E-state index contributed by atoms with van der Waals surface area (Å²) in [5.74, 6) is 1.48. The second kappa shape index (κ2) is 8.90. The molecule has 6 nitrogen and oxygen atoms in total. The second-order valence-electron chi connectivity index (χ2n) is 8.17. The van der Waals surface area contributed by atoms with E-state index >= 15 is 0 Å². The van der Waals surface area contributed by atoms with Crippen molar-refractivity contribution >= 4 is 11.7 Å². The van der Waals surface area contributed by atoms with Crippen LogP contribution in [-0.2, 0) is 4.79 Å². The van der Waals surface area contributed by atoms with E-state index in [9.17, 15) is 9.18 Å². The van der Waals surface area contributed by atoms with Gasteiger partial charge in [-0.2, -0.15) is 4.39 Å². The number of rotatable bonds is 8. The molecule has 1 aliphatic heterocycles. The van der Waals surface area contributed by atoms with Crippen LogP contribution in [0.2, 0.25) is 0 Å². The van der Waals surface area contributed by atoms with Gasteiger partial charge in [0.05, 0.1) is 19.2 Å². The molecule has 1 N–H and O–H groups in total. The lowest BCUT2D eigenvalue weighted by Gasteiger charge is -2.20. The molecule has 1 saturated heterocycles. The molecule has 30 heavy (non-hydrogen) atoms. The Kier molecular flexibility index (Phi) is 6.06. The zero-order valence-electron chi connectivity index (χ0n) is 17.4. The van der Waals surface area contributed by atoms with Crippen LogP contribution in [0.25, 0.3) is 0 Å². The van der Waals surface area contributed by atoms with E-state index in [1.165, 1.54) is 6.92 Å². The predicted octanol–water partition coefficient (Wildman–Crippen LogP) is 3.86. The predicted molar refractivity (Wildman–Crippen MR) is 112 cm³/mol. The summed E-state index contributed by atoms with van der Waals surface area (Å²) in [6.45, 7) is 5.27. The van der Waals surface area contributed by atoms with Crippen molar-refractivity contribution in [1.29, 1.82) is 0 Å². The topological polar surface area (TPSA) is 63.7 Å². The Labute approximate surface area is 176 Å². The first kappa shape index (κ1) is 20.4. The molecule has 1 aromatic carbocycles. The van der Waals surface area contributed by atoms with Crippen LogP contribution in [0.1, 0.15) is 44.7 Å². The van der Waals surface area contributed by atoms with Gasteiger partial charge >= 0.3 is 0 Å². The standard InChI is InChI=1S/C23H28FN3O3/c1-15(26-16(2)28)18-5-7-19(8-6-18)30-20-10-12-27(13-20)23-22(24)21(9-11-25-23)29-14-17-3-4-17/h5-9,11,15,17,20H,3-4,10,12-14H2,1-2H3,(H,26,28)/t15-,20+/m0/s1. The number of pyridine rings is 1. The summed E-state index contributed by atoms with van der Waals surface area (Å²) in [6, 6.07) is 9.24. The van der Waals surface area contributed by atoms with E-state index in [-0.39, 0.29) is 23.8 Å². The zero-order chi connectivity index (χ0) is 21.1. The van der Waals surface area contributed by atoms with Gasteiger partial charge in [0.15, 0.2) is 11.6 Å². The largest absolute Gasteiger partial charge is 0.490 e. The maximum Gasteiger partial charge on any atom is 0.217 e. The molecule has 1 aliphatic carbocycles. The van der Waals surface area contributed by atoms with Crippen LogP contribution in [0.4, 0.5) is 10.2 Å². The molecular weight excluding hydrogens is 385 g/mol. The molecule has 0 unspecified atom stereocenters. The first-order valence-electron chi connectivity index (χ1n) is 10.6. The molecule has 1 aromatic heterocycles. The Balaban J connectivity index is 1.34. The van der Waals surface area contributed by atoms with Crippen molar-refractivity contribution in [3.05, 3.63) is 47.9 Å². The third kappa shape index (κ3) is 5.01. The lowest BCUT2D eigenvalue weighted by Crippen LogP contribution is -2.26. The number of nitrogens with zero attached hydrogens (tertiary/aromatic N) is 2. The summed E-state index contributed by atoms with van der Waals surface area (Å²) in [7, 11) is 0. The van der Waals surface area contributed by atoms with E-state index in [1.807, 2.05) is 36.1 Å². The van der Waals surface area contributed by atoms with Gasteiger partial charge in [-0.1, -0.05) is 12.1 Å². The van der Waals surface area contributed by atoms with Crippen molar-refractivity contribution in [2.45, 2.75) is 45.3 Å². The van der Waals surface area contributed by atoms with E-state index in [4.69, 9.17) is 9.47 Å². The minimum absolute atomic E-state index is 0.0409. The Morgan fingerprint density at radius 2 is 2.03 bits per heavy atom. The first-order valence-corrected chi connectivity index (χ1v) is 10.6. The van der Waals surface area contributed by atoms with Crippen LogP contribution in [0, 0.1) is 11.7 Å². The highest BCUT2D eigenvalue weighted by Crippen LogP contribution is 2.32. The molecule has 0 bridgehead atoms. The number of halogens is 1. The number of nitrogens with one attached hydrogen (secondary N) is 1. The van der Waals surface area contributed by atoms with Crippen LogP contribution < -0.4 is 19.7 Å². The fourth-order valence-corrected chi connectivity index (χ4v) is 3.67. The molecule has 4 rings (SSSR count). The van der Waals surface area contributed by atoms with Crippen molar-refractivity contribution in [3.8, 4) is 11.5 Å². The lowest BCUT2D eigenvalue weighted by atomic mass is 10.1. The van der Waals surface area contributed by atoms with Crippen LogP contribution in [0.5, 0.6) is 11.5 Å². The third-order valence-electron chi connectivity index (χ3n) is 5.55. The van der Waals surface area contributed by atoms with Crippen LogP contribution in [0.3, 0.4) is 0 Å². The molecule has 7 heteroatoms. The maximum atomic E-state index is 14.9. The summed E-state index contributed by atoms with van der Waals surface area (Å²) in [5.41, 5.74) is 1.01.